The number of para-hydroxylation sites is 1. The minimum Gasteiger partial charge on any atom is -0.323 e. The smallest absolute Gasteiger partial charge is 0.244 e. The van der Waals surface area contributed by atoms with E-state index in [0.717, 1.165) is 27.5 Å². The average molecular weight is 362 g/mol. The van der Waals surface area contributed by atoms with Crippen LogP contribution in [-0.2, 0) is 4.79 Å². The van der Waals surface area contributed by atoms with Crippen molar-refractivity contribution in [3.8, 4) is 0 Å². The highest BCUT2D eigenvalue weighted by molar-refractivity contribution is 9.11. The number of hydrogen-bond acceptors (Lipinski definition) is 2. The fraction of sp³-hybridized carbons (Fsp3) is 0.417. The molecule has 2 rings (SSSR count). The van der Waals surface area contributed by atoms with E-state index < -0.39 is 5.54 Å². The molecule has 1 aliphatic rings. The Kier molecular flexibility index (Phi) is 3.61. The number of anilines is 1. The summed E-state index contributed by atoms with van der Waals surface area (Å²) in [5.41, 5.74) is 6.02. The second-order valence-electron chi connectivity index (χ2n) is 4.61. The van der Waals surface area contributed by atoms with Crippen LogP contribution in [0.5, 0.6) is 0 Å². The van der Waals surface area contributed by atoms with Crippen LogP contribution in [0.2, 0.25) is 0 Å². The topological polar surface area (TPSA) is 55.1 Å². The van der Waals surface area contributed by atoms with Gasteiger partial charge >= 0.3 is 0 Å². The van der Waals surface area contributed by atoms with Crippen LogP contribution in [0.15, 0.2) is 27.1 Å². The van der Waals surface area contributed by atoms with Gasteiger partial charge in [0, 0.05) is 8.95 Å². The summed E-state index contributed by atoms with van der Waals surface area (Å²) < 4.78 is 1.68. The second-order valence-corrected chi connectivity index (χ2v) is 6.32. The van der Waals surface area contributed by atoms with E-state index in [1.54, 1.807) is 6.92 Å². The Balaban J connectivity index is 2.18. The Bertz CT molecular complexity index is 436. The first-order valence-corrected chi connectivity index (χ1v) is 7.06. The van der Waals surface area contributed by atoms with Crippen molar-refractivity contribution in [3.05, 3.63) is 27.1 Å². The summed E-state index contributed by atoms with van der Waals surface area (Å²) in [5, 5.41) is 2.88. The third-order valence-electron chi connectivity index (χ3n) is 3.12. The van der Waals surface area contributed by atoms with E-state index in [1.807, 2.05) is 18.2 Å². The number of amides is 1. The first kappa shape index (κ1) is 13.1. The summed E-state index contributed by atoms with van der Waals surface area (Å²) in [7, 11) is 0. The number of hydrogen-bond donors (Lipinski definition) is 2. The molecule has 1 atom stereocenters. The number of rotatable bonds is 3. The van der Waals surface area contributed by atoms with Crippen molar-refractivity contribution in [2.45, 2.75) is 25.3 Å². The second kappa shape index (κ2) is 4.71. The number of carbonyl (C=O) groups excluding carboxylic acids is 1. The normalized spacial score (nSPS) is 18.6. The quantitative estimate of drug-likeness (QED) is 0.867. The van der Waals surface area contributed by atoms with Gasteiger partial charge < -0.3 is 11.1 Å². The van der Waals surface area contributed by atoms with Crippen molar-refractivity contribution >= 4 is 43.5 Å². The molecule has 0 heterocycles. The van der Waals surface area contributed by atoms with Gasteiger partial charge in [0.2, 0.25) is 5.91 Å². The van der Waals surface area contributed by atoms with E-state index in [2.05, 4.69) is 37.2 Å². The molecule has 0 aliphatic heterocycles. The van der Waals surface area contributed by atoms with Crippen LogP contribution in [0, 0.1) is 5.92 Å². The van der Waals surface area contributed by atoms with Gasteiger partial charge in [0.25, 0.3) is 0 Å². The Morgan fingerprint density at radius 3 is 2.41 bits per heavy atom. The molecule has 17 heavy (non-hydrogen) atoms. The molecule has 5 heteroatoms. The van der Waals surface area contributed by atoms with Gasteiger partial charge in [0.05, 0.1) is 11.2 Å². The van der Waals surface area contributed by atoms with E-state index >= 15 is 0 Å². The standard InChI is InChI=1S/C12H14Br2N2O/c1-12(15,7-5-6-7)11(17)16-10-8(13)3-2-4-9(10)14/h2-4,7H,5-6,15H2,1H3,(H,16,17). The van der Waals surface area contributed by atoms with Gasteiger partial charge in [-0.1, -0.05) is 6.07 Å². The molecule has 0 saturated heterocycles. The molecule has 1 fully saturated rings. The molecule has 1 amide bonds. The van der Waals surface area contributed by atoms with E-state index in [0.29, 0.717) is 5.92 Å². The molecule has 3 nitrogen and oxygen atoms in total. The van der Waals surface area contributed by atoms with Gasteiger partial charge in [-0.15, -0.1) is 0 Å². The zero-order valence-electron chi connectivity index (χ0n) is 9.47. The Labute approximate surface area is 117 Å². The highest BCUT2D eigenvalue weighted by Crippen LogP contribution is 2.39. The van der Waals surface area contributed by atoms with Crippen LogP contribution in [0.25, 0.3) is 0 Å². The molecule has 1 saturated carbocycles. The van der Waals surface area contributed by atoms with Gasteiger partial charge in [-0.2, -0.15) is 0 Å². The van der Waals surface area contributed by atoms with Crippen molar-refractivity contribution in [1.29, 1.82) is 0 Å². The molecule has 1 unspecified atom stereocenters. The maximum absolute atomic E-state index is 12.1. The van der Waals surface area contributed by atoms with Crippen molar-refractivity contribution in [2.75, 3.05) is 5.32 Å². The lowest BCUT2D eigenvalue weighted by molar-refractivity contribution is -0.121. The summed E-state index contributed by atoms with van der Waals surface area (Å²) in [6.07, 6.45) is 2.08. The zero-order valence-corrected chi connectivity index (χ0v) is 12.6. The van der Waals surface area contributed by atoms with E-state index in [-0.39, 0.29) is 5.91 Å². The van der Waals surface area contributed by atoms with Crippen LogP contribution >= 0.6 is 31.9 Å². The zero-order chi connectivity index (χ0) is 12.6. The monoisotopic (exact) mass is 360 g/mol. The van der Waals surface area contributed by atoms with Crippen LogP contribution in [-0.4, -0.2) is 11.4 Å². The number of carbonyl (C=O) groups is 1. The Hall–Kier alpha value is -0.390. The number of benzene rings is 1. The summed E-state index contributed by atoms with van der Waals surface area (Å²) in [5.74, 6) is 0.177. The molecular formula is C12H14Br2N2O. The highest BCUT2D eigenvalue weighted by atomic mass is 79.9. The van der Waals surface area contributed by atoms with Gasteiger partial charge in [0.1, 0.15) is 0 Å². The molecule has 3 N–H and O–H groups in total. The van der Waals surface area contributed by atoms with Gasteiger partial charge in [-0.25, -0.2) is 0 Å². The SMILES string of the molecule is CC(N)(C(=O)Nc1c(Br)cccc1Br)C1CC1. The van der Waals surface area contributed by atoms with Crippen LogP contribution in [0.4, 0.5) is 5.69 Å². The van der Waals surface area contributed by atoms with Crippen molar-refractivity contribution < 1.29 is 4.79 Å². The largest absolute Gasteiger partial charge is 0.323 e. The Morgan fingerprint density at radius 1 is 1.41 bits per heavy atom. The minimum absolute atomic E-state index is 0.132. The van der Waals surface area contributed by atoms with Crippen LogP contribution in [0.3, 0.4) is 0 Å². The third-order valence-corrected chi connectivity index (χ3v) is 4.44. The molecular weight excluding hydrogens is 348 g/mol. The fourth-order valence-corrected chi connectivity index (χ4v) is 2.93. The molecule has 0 spiro atoms. The first-order chi connectivity index (χ1) is 7.93. The van der Waals surface area contributed by atoms with Crippen molar-refractivity contribution in [3.63, 3.8) is 0 Å². The molecule has 0 aromatic heterocycles. The van der Waals surface area contributed by atoms with E-state index in [9.17, 15) is 4.79 Å². The molecule has 0 bridgehead atoms. The van der Waals surface area contributed by atoms with Crippen LogP contribution in [0.1, 0.15) is 19.8 Å². The lowest BCUT2D eigenvalue weighted by atomic mass is 9.96. The molecule has 1 aliphatic carbocycles. The minimum atomic E-state index is -0.783. The lowest BCUT2D eigenvalue weighted by Crippen LogP contribution is -2.50. The van der Waals surface area contributed by atoms with E-state index in [4.69, 9.17) is 5.73 Å². The summed E-state index contributed by atoms with van der Waals surface area (Å²) >= 11 is 6.82. The molecule has 0 radical (unpaired) electrons. The average Bonchev–Trinajstić information content (AvgIpc) is 3.07. The summed E-state index contributed by atoms with van der Waals surface area (Å²) in [6, 6.07) is 5.66. The van der Waals surface area contributed by atoms with Gasteiger partial charge in [-0.3, -0.25) is 4.79 Å². The maximum Gasteiger partial charge on any atom is 0.244 e. The number of nitrogens with two attached hydrogens (primary N) is 1. The number of halogens is 2. The Morgan fingerprint density at radius 2 is 1.94 bits per heavy atom. The van der Waals surface area contributed by atoms with Crippen molar-refractivity contribution in [2.24, 2.45) is 11.7 Å². The molecule has 92 valence electrons. The molecule has 1 aromatic carbocycles. The van der Waals surface area contributed by atoms with Crippen LogP contribution < -0.4 is 11.1 Å². The predicted octanol–water partition coefficient (Wildman–Crippen LogP) is 3.28. The van der Waals surface area contributed by atoms with Crippen molar-refractivity contribution in [1.82, 2.24) is 0 Å². The number of nitrogens with one attached hydrogen (secondary N) is 1. The molecule has 1 aromatic rings. The summed E-state index contributed by atoms with van der Waals surface area (Å²) in [6.45, 7) is 1.80. The summed E-state index contributed by atoms with van der Waals surface area (Å²) in [4.78, 5) is 12.1. The van der Waals surface area contributed by atoms with E-state index in [1.165, 1.54) is 0 Å². The van der Waals surface area contributed by atoms with Gasteiger partial charge in [0.15, 0.2) is 0 Å². The lowest BCUT2D eigenvalue weighted by Gasteiger charge is -2.23. The predicted molar refractivity (Wildman–Crippen MR) is 75.8 cm³/mol. The fourth-order valence-electron chi connectivity index (χ4n) is 1.73. The highest BCUT2D eigenvalue weighted by Gasteiger charge is 2.44. The maximum atomic E-state index is 12.1. The third kappa shape index (κ3) is 2.72. The van der Waals surface area contributed by atoms with Gasteiger partial charge in [-0.05, 0) is 69.7 Å². The first-order valence-electron chi connectivity index (χ1n) is 5.47.